The van der Waals surface area contributed by atoms with Crippen LogP contribution in [0, 0.1) is 0 Å². The van der Waals surface area contributed by atoms with Crippen LogP contribution in [0.2, 0.25) is 0 Å². The van der Waals surface area contributed by atoms with Gasteiger partial charge in [-0.15, -0.1) is 0 Å². The molecule has 1 aliphatic rings. The highest BCUT2D eigenvalue weighted by atomic mass is 32.2. The van der Waals surface area contributed by atoms with Crippen LogP contribution in [0.15, 0.2) is 30.5 Å². The molecule has 1 aromatic carbocycles. The number of benzene rings is 1. The van der Waals surface area contributed by atoms with Gasteiger partial charge in [0.25, 0.3) is 0 Å². The minimum Gasteiger partial charge on any atom is -0.453 e. The van der Waals surface area contributed by atoms with Gasteiger partial charge >= 0.3 is 5.97 Å². The van der Waals surface area contributed by atoms with Crippen LogP contribution in [0.3, 0.4) is 0 Å². The van der Waals surface area contributed by atoms with Gasteiger partial charge in [0.1, 0.15) is 5.69 Å². The van der Waals surface area contributed by atoms with Crippen LogP contribution in [0.4, 0.5) is 5.69 Å². The molecule has 0 spiro atoms. The Balaban J connectivity index is 1.67. The average molecular weight is 404 g/mol. The molecule has 0 unspecified atom stereocenters. The topological polar surface area (TPSA) is 114 Å². The molecule has 2 aromatic rings. The summed E-state index contributed by atoms with van der Waals surface area (Å²) in [4.78, 5) is 38.3. The monoisotopic (exact) mass is 404 g/mol. The number of aromatic amines is 1. The molecule has 1 N–H and O–H groups in total. The number of H-pyrrole nitrogens is 1. The first kappa shape index (κ1) is 19.8. The first-order chi connectivity index (χ1) is 13.2. The summed E-state index contributed by atoms with van der Waals surface area (Å²) in [6, 6.07) is 6.14. The zero-order valence-electron chi connectivity index (χ0n) is 15.5. The molecule has 148 valence electrons. The van der Waals surface area contributed by atoms with E-state index in [-0.39, 0.29) is 17.2 Å². The highest BCUT2D eigenvalue weighted by Crippen LogP contribution is 2.31. The van der Waals surface area contributed by atoms with E-state index in [0.29, 0.717) is 29.8 Å². The quantitative estimate of drug-likeness (QED) is 0.557. The number of Topliss-reactive ketones (excluding diaryl/α,β-unsaturated/α-hetero) is 2. The van der Waals surface area contributed by atoms with Crippen molar-refractivity contribution in [3.63, 3.8) is 0 Å². The number of rotatable bonds is 7. The van der Waals surface area contributed by atoms with Gasteiger partial charge in [0.15, 0.2) is 18.2 Å². The number of aromatic nitrogens is 1. The zero-order valence-corrected chi connectivity index (χ0v) is 16.3. The summed E-state index contributed by atoms with van der Waals surface area (Å²) < 4.78 is 30.6. The molecule has 0 radical (unpaired) electrons. The maximum atomic E-state index is 12.4. The third-order valence-corrected chi connectivity index (χ3v) is 6.38. The Labute approximate surface area is 162 Å². The van der Waals surface area contributed by atoms with Gasteiger partial charge in [-0.05, 0) is 50.1 Å². The lowest BCUT2D eigenvalue weighted by Crippen LogP contribution is -2.30. The zero-order chi connectivity index (χ0) is 20.5. The largest absolute Gasteiger partial charge is 0.453 e. The Bertz CT molecular complexity index is 1050. The van der Waals surface area contributed by atoms with Crippen LogP contribution in [-0.4, -0.2) is 49.8 Å². The number of carbonyl (C=O) groups is 3. The normalized spacial score (nSPS) is 13.3. The van der Waals surface area contributed by atoms with E-state index in [4.69, 9.17) is 4.74 Å². The van der Waals surface area contributed by atoms with Crippen LogP contribution in [-0.2, 0) is 21.2 Å². The van der Waals surface area contributed by atoms with Gasteiger partial charge < -0.3 is 9.72 Å². The number of esters is 1. The third-order valence-electron chi connectivity index (χ3n) is 4.60. The summed E-state index contributed by atoms with van der Waals surface area (Å²) in [7, 11) is -3.35. The van der Waals surface area contributed by atoms with Crippen molar-refractivity contribution < 1.29 is 27.5 Å². The summed E-state index contributed by atoms with van der Waals surface area (Å²) in [5.74, 6) is -1.31. The molecule has 2 heterocycles. The summed E-state index contributed by atoms with van der Waals surface area (Å²) in [5, 5.41) is 0. The van der Waals surface area contributed by atoms with Gasteiger partial charge in [-0.1, -0.05) is 0 Å². The Kier molecular flexibility index (Phi) is 5.37. The van der Waals surface area contributed by atoms with E-state index in [2.05, 4.69) is 4.98 Å². The van der Waals surface area contributed by atoms with Crippen LogP contribution < -0.4 is 4.31 Å². The summed E-state index contributed by atoms with van der Waals surface area (Å²) in [5.41, 5.74) is 2.14. The number of hydrogen-bond donors (Lipinski definition) is 1. The van der Waals surface area contributed by atoms with Crippen LogP contribution in [0.5, 0.6) is 0 Å². The average Bonchev–Trinajstić information content (AvgIpc) is 3.32. The van der Waals surface area contributed by atoms with Gasteiger partial charge in [-0.3, -0.25) is 13.9 Å². The molecule has 0 atom stereocenters. The van der Waals surface area contributed by atoms with Crippen molar-refractivity contribution in [1.29, 1.82) is 0 Å². The standard InChI is InChI=1S/C19H20N2O6S/c1-3-28(25,26)21-7-6-13-8-14(4-5-17(13)21)18(23)11-27-19(24)16-9-15(10-20-16)12(2)22/h4-5,8-10,20H,3,6-7,11H2,1-2H3. The molecule has 1 aliphatic heterocycles. The fraction of sp³-hybridized carbons (Fsp3) is 0.316. The molecule has 0 amide bonds. The second-order valence-electron chi connectivity index (χ2n) is 6.42. The maximum Gasteiger partial charge on any atom is 0.355 e. The molecule has 0 aliphatic carbocycles. The molecule has 3 rings (SSSR count). The van der Waals surface area contributed by atoms with Gasteiger partial charge in [0.2, 0.25) is 10.0 Å². The second kappa shape index (κ2) is 7.59. The van der Waals surface area contributed by atoms with E-state index < -0.39 is 28.4 Å². The first-order valence-corrected chi connectivity index (χ1v) is 10.4. The van der Waals surface area contributed by atoms with Gasteiger partial charge in [-0.2, -0.15) is 0 Å². The minimum absolute atomic E-state index is 0.00710. The molecular weight excluding hydrogens is 384 g/mol. The Morgan fingerprint density at radius 1 is 1.18 bits per heavy atom. The number of nitrogens with one attached hydrogen (secondary N) is 1. The highest BCUT2D eigenvalue weighted by molar-refractivity contribution is 7.92. The molecule has 0 fully saturated rings. The molecule has 0 saturated heterocycles. The van der Waals surface area contributed by atoms with Crippen molar-refractivity contribution in [2.24, 2.45) is 0 Å². The Morgan fingerprint density at radius 2 is 1.93 bits per heavy atom. The predicted octanol–water partition coefficient (Wildman–Crippen LogP) is 1.97. The Hall–Kier alpha value is -2.94. The van der Waals surface area contributed by atoms with Crippen LogP contribution in [0.1, 0.15) is 50.6 Å². The number of ether oxygens (including phenoxy) is 1. The van der Waals surface area contributed by atoms with Crippen molar-refractivity contribution >= 4 is 33.2 Å². The van der Waals surface area contributed by atoms with E-state index in [1.165, 1.54) is 29.6 Å². The molecule has 8 nitrogen and oxygen atoms in total. The van der Waals surface area contributed by atoms with E-state index >= 15 is 0 Å². The number of fused-ring (bicyclic) bond motifs is 1. The number of carbonyl (C=O) groups excluding carboxylic acids is 3. The fourth-order valence-electron chi connectivity index (χ4n) is 3.00. The van der Waals surface area contributed by atoms with Gasteiger partial charge in [-0.25, -0.2) is 13.2 Å². The number of ketones is 2. The summed E-state index contributed by atoms with van der Waals surface area (Å²) in [6.45, 7) is 2.86. The maximum absolute atomic E-state index is 12.4. The van der Waals surface area contributed by atoms with E-state index in [1.54, 1.807) is 19.1 Å². The van der Waals surface area contributed by atoms with E-state index in [9.17, 15) is 22.8 Å². The minimum atomic E-state index is -3.35. The lowest BCUT2D eigenvalue weighted by Gasteiger charge is -2.18. The van der Waals surface area contributed by atoms with E-state index in [1.807, 2.05) is 0 Å². The van der Waals surface area contributed by atoms with Crippen molar-refractivity contribution in [2.45, 2.75) is 20.3 Å². The van der Waals surface area contributed by atoms with Crippen molar-refractivity contribution in [2.75, 3.05) is 23.2 Å². The SMILES string of the molecule is CCS(=O)(=O)N1CCc2cc(C(=O)COC(=O)c3cc(C(C)=O)c[nH]3)ccc21. The number of nitrogens with zero attached hydrogens (tertiary/aromatic N) is 1. The molecule has 0 saturated carbocycles. The number of anilines is 1. The first-order valence-electron chi connectivity index (χ1n) is 8.76. The van der Waals surface area contributed by atoms with Crippen molar-refractivity contribution in [1.82, 2.24) is 4.98 Å². The lowest BCUT2D eigenvalue weighted by atomic mass is 10.1. The Morgan fingerprint density at radius 3 is 2.57 bits per heavy atom. The van der Waals surface area contributed by atoms with Crippen molar-refractivity contribution in [3.05, 3.63) is 52.8 Å². The predicted molar refractivity (Wildman–Crippen MR) is 102 cm³/mol. The van der Waals surface area contributed by atoms with Gasteiger partial charge in [0, 0.05) is 23.9 Å². The molecule has 1 aromatic heterocycles. The smallest absolute Gasteiger partial charge is 0.355 e. The summed E-state index contributed by atoms with van der Waals surface area (Å²) >= 11 is 0. The van der Waals surface area contributed by atoms with Crippen LogP contribution >= 0.6 is 0 Å². The number of sulfonamides is 1. The van der Waals surface area contributed by atoms with Crippen molar-refractivity contribution in [3.8, 4) is 0 Å². The number of hydrogen-bond acceptors (Lipinski definition) is 6. The van der Waals surface area contributed by atoms with Crippen LogP contribution in [0.25, 0.3) is 0 Å². The van der Waals surface area contributed by atoms with Gasteiger partial charge in [0.05, 0.1) is 11.4 Å². The fourth-order valence-corrected chi connectivity index (χ4v) is 4.16. The lowest BCUT2D eigenvalue weighted by molar-refractivity contribution is 0.0469. The highest BCUT2D eigenvalue weighted by Gasteiger charge is 2.28. The molecular formula is C19H20N2O6S. The molecule has 0 bridgehead atoms. The summed E-state index contributed by atoms with van der Waals surface area (Å²) in [6.07, 6.45) is 1.92. The third kappa shape index (κ3) is 3.84. The second-order valence-corrected chi connectivity index (χ2v) is 8.61. The van der Waals surface area contributed by atoms with E-state index in [0.717, 1.165) is 5.56 Å². The molecule has 28 heavy (non-hydrogen) atoms. The molecule has 9 heteroatoms.